The lowest BCUT2D eigenvalue weighted by Crippen LogP contribution is -2.28. The molecule has 4 heteroatoms. The van der Waals surface area contributed by atoms with Crippen molar-refractivity contribution in [3.63, 3.8) is 0 Å². The summed E-state index contributed by atoms with van der Waals surface area (Å²) in [6.07, 6.45) is 0. The highest BCUT2D eigenvalue weighted by Gasteiger charge is 1.94. The molecule has 0 aliphatic carbocycles. The fraction of sp³-hybridized carbons (Fsp3) is 0.538. The third-order valence-electron chi connectivity index (χ3n) is 2.32. The predicted molar refractivity (Wildman–Crippen MR) is 75.2 cm³/mol. The van der Waals surface area contributed by atoms with E-state index in [4.69, 9.17) is 4.74 Å². The minimum Gasteiger partial charge on any atom is -0.375 e. The van der Waals surface area contributed by atoms with Gasteiger partial charge in [-0.1, -0.05) is 28.1 Å². The molecule has 0 amide bonds. The molecule has 0 saturated heterocycles. The van der Waals surface area contributed by atoms with Crippen LogP contribution in [0.1, 0.15) is 5.56 Å². The number of ether oxygens (including phenoxy) is 1. The summed E-state index contributed by atoms with van der Waals surface area (Å²) < 4.78 is 6.68. The van der Waals surface area contributed by atoms with Gasteiger partial charge < -0.3 is 15.0 Å². The molecule has 0 unspecified atom stereocenters. The first-order valence-electron chi connectivity index (χ1n) is 5.86. The maximum Gasteiger partial charge on any atom is 0.0717 e. The maximum absolute atomic E-state index is 5.58. The molecule has 1 rings (SSSR count). The molecular formula is C13H21BrN2O. The molecule has 0 fully saturated rings. The summed E-state index contributed by atoms with van der Waals surface area (Å²) in [5.41, 5.74) is 1.20. The third kappa shape index (κ3) is 7.49. The molecule has 0 aliphatic rings. The molecule has 1 aromatic carbocycles. The van der Waals surface area contributed by atoms with Gasteiger partial charge in [-0.15, -0.1) is 0 Å². The Kier molecular flexibility index (Phi) is 7.44. The molecule has 0 spiro atoms. The van der Waals surface area contributed by atoms with Gasteiger partial charge >= 0.3 is 0 Å². The van der Waals surface area contributed by atoms with E-state index in [2.05, 4.69) is 52.4 Å². The van der Waals surface area contributed by atoms with Crippen LogP contribution in [0.3, 0.4) is 0 Å². The normalized spacial score (nSPS) is 11.1. The molecule has 17 heavy (non-hydrogen) atoms. The molecule has 0 atom stereocenters. The summed E-state index contributed by atoms with van der Waals surface area (Å²) in [6, 6.07) is 8.20. The first kappa shape index (κ1) is 14.6. The van der Waals surface area contributed by atoms with Crippen LogP contribution in [0, 0.1) is 0 Å². The van der Waals surface area contributed by atoms with Gasteiger partial charge in [-0.3, -0.25) is 0 Å². The topological polar surface area (TPSA) is 24.5 Å². The van der Waals surface area contributed by atoms with Crippen molar-refractivity contribution in [2.75, 3.05) is 40.3 Å². The smallest absolute Gasteiger partial charge is 0.0717 e. The molecular weight excluding hydrogens is 280 g/mol. The average molecular weight is 301 g/mol. The van der Waals surface area contributed by atoms with Gasteiger partial charge in [0.2, 0.25) is 0 Å². The van der Waals surface area contributed by atoms with Crippen molar-refractivity contribution < 1.29 is 4.74 Å². The van der Waals surface area contributed by atoms with Crippen LogP contribution in [0.5, 0.6) is 0 Å². The molecule has 0 bridgehead atoms. The summed E-state index contributed by atoms with van der Waals surface area (Å²) in [5, 5.41) is 3.34. The SMILES string of the molecule is CN(C)CCNCCOCc1cccc(Br)c1. The van der Waals surface area contributed by atoms with Gasteiger partial charge in [-0.25, -0.2) is 0 Å². The number of rotatable bonds is 8. The molecule has 0 radical (unpaired) electrons. The van der Waals surface area contributed by atoms with Crippen molar-refractivity contribution in [1.29, 1.82) is 0 Å². The molecule has 0 aromatic heterocycles. The average Bonchev–Trinajstić information content (AvgIpc) is 2.27. The fourth-order valence-electron chi connectivity index (χ4n) is 1.39. The zero-order valence-electron chi connectivity index (χ0n) is 10.6. The zero-order valence-corrected chi connectivity index (χ0v) is 12.2. The van der Waals surface area contributed by atoms with E-state index in [1.807, 2.05) is 12.1 Å². The minimum absolute atomic E-state index is 0.675. The quantitative estimate of drug-likeness (QED) is 0.744. The third-order valence-corrected chi connectivity index (χ3v) is 2.81. The summed E-state index contributed by atoms with van der Waals surface area (Å²) in [6.45, 7) is 4.40. The van der Waals surface area contributed by atoms with Gasteiger partial charge in [0.1, 0.15) is 0 Å². The van der Waals surface area contributed by atoms with E-state index in [-0.39, 0.29) is 0 Å². The summed E-state index contributed by atoms with van der Waals surface area (Å²) in [5.74, 6) is 0. The van der Waals surface area contributed by atoms with Gasteiger partial charge in [-0.2, -0.15) is 0 Å². The van der Waals surface area contributed by atoms with E-state index in [0.717, 1.165) is 30.7 Å². The van der Waals surface area contributed by atoms with Crippen molar-refractivity contribution in [3.8, 4) is 0 Å². The second-order valence-electron chi connectivity index (χ2n) is 4.24. The Balaban J connectivity index is 2.01. The Morgan fingerprint density at radius 2 is 2.12 bits per heavy atom. The zero-order chi connectivity index (χ0) is 12.5. The monoisotopic (exact) mass is 300 g/mol. The highest BCUT2D eigenvalue weighted by Crippen LogP contribution is 2.12. The Morgan fingerprint density at radius 3 is 2.82 bits per heavy atom. The fourth-order valence-corrected chi connectivity index (χ4v) is 1.84. The van der Waals surface area contributed by atoms with Crippen molar-refractivity contribution >= 4 is 15.9 Å². The minimum atomic E-state index is 0.675. The number of likely N-dealkylation sites (N-methyl/N-ethyl adjacent to an activating group) is 1. The Bertz CT molecular complexity index is 318. The van der Waals surface area contributed by atoms with E-state index in [1.54, 1.807) is 0 Å². The number of benzene rings is 1. The summed E-state index contributed by atoms with van der Waals surface area (Å²) in [4.78, 5) is 2.16. The number of hydrogen-bond donors (Lipinski definition) is 1. The maximum atomic E-state index is 5.58. The van der Waals surface area contributed by atoms with Crippen LogP contribution in [0.4, 0.5) is 0 Å². The largest absolute Gasteiger partial charge is 0.375 e. The first-order chi connectivity index (χ1) is 8.18. The standard InChI is InChI=1S/C13H21BrN2O/c1-16(2)8-6-15-7-9-17-11-12-4-3-5-13(14)10-12/h3-5,10,15H,6-9,11H2,1-2H3. The Hall–Kier alpha value is -0.420. The molecule has 1 aromatic rings. The van der Waals surface area contributed by atoms with Gasteiger partial charge in [0.05, 0.1) is 13.2 Å². The summed E-state index contributed by atoms with van der Waals surface area (Å²) >= 11 is 3.45. The number of halogens is 1. The van der Waals surface area contributed by atoms with Crippen LogP contribution in [0.15, 0.2) is 28.7 Å². The summed E-state index contributed by atoms with van der Waals surface area (Å²) in [7, 11) is 4.15. The van der Waals surface area contributed by atoms with Gasteiger partial charge in [-0.05, 0) is 31.8 Å². The van der Waals surface area contributed by atoms with Crippen molar-refractivity contribution in [2.24, 2.45) is 0 Å². The molecule has 3 nitrogen and oxygen atoms in total. The van der Waals surface area contributed by atoms with Crippen LogP contribution in [-0.2, 0) is 11.3 Å². The van der Waals surface area contributed by atoms with Crippen molar-refractivity contribution in [3.05, 3.63) is 34.3 Å². The van der Waals surface area contributed by atoms with Crippen molar-refractivity contribution in [1.82, 2.24) is 10.2 Å². The van der Waals surface area contributed by atoms with Crippen LogP contribution in [0.25, 0.3) is 0 Å². The Labute approximate surface area is 112 Å². The second-order valence-corrected chi connectivity index (χ2v) is 5.15. The van der Waals surface area contributed by atoms with E-state index < -0.39 is 0 Å². The van der Waals surface area contributed by atoms with Crippen LogP contribution in [0.2, 0.25) is 0 Å². The molecule has 0 heterocycles. The van der Waals surface area contributed by atoms with Gasteiger partial charge in [0.15, 0.2) is 0 Å². The Morgan fingerprint density at radius 1 is 1.29 bits per heavy atom. The van der Waals surface area contributed by atoms with E-state index in [9.17, 15) is 0 Å². The molecule has 96 valence electrons. The van der Waals surface area contributed by atoms with Crippen LogP contribution < -0.4 is 5.32 Å². The van der Waals surface area contributed by atoms with E-state index in [1.165, 1.54) is 5.56 Å². The van der Waals surface area contributed by atoms with Crippen LogP contribution in [-0.4, -0.2) is 45.2 Å². The number of hydrogen-bond acceptors (Lipinski definition) is 3. The highest BCUT2D eigenvalue weighted by molar-refractivity contribution is 9.10. The first-order valence-corrected chi connectivity index (χ1v) is 6.65. The molecule has 0 saturated carbocycles. The van der Waals surface area contributed by atoms with Crippen LogP contribution >= 0.6 is 15.9 Å². The molecule has 0 aliphatic heterocycles. The lowest BCUT2D eigenvalue weighted by Gasteiger charge is -2.10. The molecule has 1 N–H and O–H groups in total. The lowest BCUT2D eigenvalue weighted by atomic mass is 10.2. The van der Waals surface area contributed by atoms with E-state index >= 15 is 0 Å². The van der Waals surface area contributed by atoms with Gasteiger partial charge in [0, 0.05) is 24.1 Å². The van der Waals surface area contributed by atoms with E-state index in [0.29, 0.717) is 6.61 Å². The predicted octanol–water partition coefficient (Wildman–Crippen LogP) is 2.12. The number of nitrogens with zero attached hydrogens (tertiary/aromatic N) is 1. The number of nitrogens with one attached hydrogen (secondary N) is 1. The lowest BCUT2D eigenvalue weighted by molar-refractivity contribution is 0.122. The second kappa shape index (κ2) is 8.64. The van der Waals surface area contributed by atoms with Gasteiger partial charge in [0.25, 0.3) is 0 Å². The van der Waals surface area contributed by atoms with Crippen molar-refractivity contribution in [2.45, 2.75) is 6.61 Å². The highest BCUT2D eigenvalue weighted by atomic mass is 79.9.